The number of carboxylic acids is 1. The molecule has 3 heterocycles. The van der Waals surface area contributed by atoms with Crippen molar-refractivity contribution in [3.63, 3.8) is 0 Å². The highest BCUT2D eigenvalue weighted by molar-refractivity contribution is 6.47. The van der Waals surface area contributed by atoms with Crippen LogP contribution in [-0.4, -0.2) is 110 Å². The third kappa shape index (κ3) is 7.74. The van der Waals surface area contributed by atoms with Crippen molar-refractivity contribution in [1.82, 2.24) is 30.7 Å². The number of urea groups is 2. The minimum absolute atomic E-state index is 0.0629. The van der Waals surface area contributed by atoms with Crippen LogP contribution >= 0.6 is 11.6 Å². The second-order valence-electron chi connectivity index (χ2n) is 11.3. The molecule has 0 unspecified atom stereocenters. The van der Waals surface area contributed by atoms with E-state index in [1.807, 2.05) is 0 Å². The van der Waals surface area contributed by atoms with Crippen LogP contribution in [0.2, 0.25) is 5.02 Å². The quantitative estimate of drug-likeness (QED) is 0.0847. The number of hydrogen-bond donors (Lipinski definition) is 8. The van der Waals surface area contributed by atoms with Crippen LogP contribution in [0.1, 0.15) is 27.5 Å². The van der Waals surface area contributed by atoms with Crippen LogP contribution in [0.15, 0.2) is 42.7 Å². The Morgan fingerprint density at radius 2 is 1.75 bits per heavy atom. The Kier molecular flexibility index (Phi) is 10.9. The predicted octanol–water partition coefficient (Wildman–Crippen LogP) is 0.505. The van der Waals surface area contributed by atoms with Crippen molar-refractivity contribution >= 4 is 60.2 Å². The summed E-state index contributed by atoms with van der Waals surface area (Å²) in [6, 6.07) is 1.58. The molecule has 5 rings (SSSR count). The van der Waals surface area contributed by atoms with Crippen LogP contribution in [0.4, 0.5) is 24.1 Å². The molecule has 0 spiro atoms. The topological polar surface area (TPSA) is 260 Å². The number of piperazine rings is 1. The summed E-state index contributed by atoms with van der Waals surface area (Å²) in [5.41, 5.74) is -0.976. The lowest BCUT2D eigenvalue weighted by atomic mass is 9.72. The molecule has 2 aliphatic heterocycles. The fraction of sp³-hybridized carbons (Fsp3) is 0.233. The maximum Gasteiger partial charge on any atom is 0.547 e. The zero-order valence-electron chi connectivity index (χ0n) is 26.4. The average Bonchev–Trinajstić information content (AvgIpc) is 3.10. The fourth-order valence-electron chi connectivity index (χ4n) is 5.34. The van der Waals surface area contributed by atoms with Gasteiger partial charge in [-0.1, -0.05) is 17.7 Å². The predicted molar refractivity (Wildman–Crippen MR) is 173 cm³/mol. The molecule has 1 aromatic heterocycles. The van der Waals surface area contributed by atoms with Crippen molar-refractivity contribution in [2.45, 2.75) is 18.4 Å². The van der Waals surface area contributed by atoms with Gasteiger partial charge in [0.15, 0.2) is 17.3 Å². The molecule has 2 aromatic carbocycles. The smallest absolute Gasteiger partial charge is 0.534 e. The third-order valence-electron chi connectivity index (χ3n) is 7.95. The second kappa shape index (κ2) is 15.4. The number of aromatic nitrogens is 1. The molecule has 52 heavy (non-hydrogen) atoms. The number of imide groups is 1. The molecule has 7 amide bonds. The van der Waals surface area contributed by atoms with Gasteiger partial charge in [0.1, 0.15) is 23.2 Å². The highest BCUT2D eigenvalue weighted by Crippen LogP contribution is 2.40. The van der Waals surface area contributed by atoms with E-state index in [1.165, 1.54) is 12.4 Å². The number of hydrogen-bond acceptors (Lipinski definition) is 11. The van der Waals surface area contributed by atoms with Crippen LogP contribution in [0.3, 0.4) is 0 Å². The summed E-state index contributed by atoms with van der Waals surface area (Å²) in [7, 11) is -1.98. The molecule has 272 valence electrons. The second-order valence-corrected chi connectivity index (χ2v) is 11.6. The van der Waals surface area contributed by atoms with Crippen molar-refractivity contribution in [2.75, 3.05) is 31.5 Å². The monoisotopic (exact) mass is 745 g/mol. The number of rotatable bonds is 9. The van der Waals surface area contributed by atoms with Crippen LogP contribution in [0.5, 0.6) is 17.2 Å². The number of pyridine rings is 1. The van der Waals surface area contributed by atoms with Gasteiger partial charge in [-0.15, -0.1) is 0 Å². The SMILES string of the molecule is O=C(NCCN1CCN(C(=O)N[C@@H](C(=O)N[C@H]2Cc3ccc(F)c(C(=O)O)c3OB2O)c2cc(F)c(O)c(O)c2Cl)C(=O)C1=O)Nc1ccncc1. The molecule has 2 atom stereocenters. The fourth-order valence-corrected chi connectivity index (χ4v) is 5.59. The Balaban J connectivity index is 1.29. The number of phenols is 2. The first-order chi connectivity index (χ1) is 24.7. The minimum Gasteiger partial charge on any atom is -0.534 e. The van der Waals surface area contributed by atoms with E-state index in [1.54, 1.807) is 12.1 Å². The summed E-state index contributed by atoms with van der Waals surface area (Å²) < 4.78 is 34.0. The highest BCUT2D eigenvalue weighted by Gasteiger charge is 2.42. The summed E-state index contributed by atoms with van der Waals surface area (Å²) in [6.45, 7) is -0.786. The normalized spacial score (nSPS) is 16.0. The number of aromatic carboxylic acids is 1. The zero-order valence-corrected chi connectivity index (χ0v) is 27.2. The Morgan fingerprint density at radius 1 is 1.04 bits per heavy atom. The molecule has 3 aromatic rings. The minimum atomic E-state index is -2.07. The Bertz CT molecular complexity index is 1960. The number of carboxylic acid groups (broad SMARTS) is 1. The summed E-state index contributed by atoms with van der Waals surface area (Å²) in [5.74, 6) is -12.4. The number of amides is 7. The lowest BCUT2D eigenvalue weighted by Gasteiger charge is -2.34. The number of benzene rings is 2. The van der Waals surface area contributed by atoms with Gasteiger partial charge in [-0.05, 0) is 36.2 Å². The van der Waals surface area contributed by atoms with Gasteiger partial charge in [0.25, 0.3) is 0 Å². The molecule has 1 saturated heterocycles. The van der Waals surface area contributed by atoms with E-state index in [2.05, 4.69) is 26.3 Å². The lowest BCUT2D eigenvalue weighted by molar-refractivity contribution is -0.153. The van der Waals surface area contributed by atoms with Crippen molar-refractivity contribution in [3.05, 3.63) is 76.1 Å². The zero-order chi connectivity index (χ0) is 37.9. The number of fused-ring (bicyclic) bond motifs is 1. The maximum absolute atomic E-state index is 14.6. The summed E-state index contributed by atoms with van der Waals surface area (Å²) in [6.07, 6.45) is 2.59. The van der Waals surface area contributed by atoms with Crippen molar-refractivity contribution < 1.29 is 62.5 Å². The molecule has 0 radical (unpaired) electrons. The summed E-state index contributed by atoms with van der Waals surface area (Å²) in [4.78, 5) is 82.0. The maximum atomic E-state index is 14.6. The molecule has 2 aliphatic rings. The number of carbonyl (C=O) groups is 6. The van der Waals surface area contributed by atoms with Gasteiger partial charge in [-0.2, -0.15) is 0 Å². The van der Waals surface area contributed by atoms with Gasteiger partial charge < -0.3 is 51.2 Å². The molecular weight excluding hydrogens is 719 g/mol. The number of phenolic OH excluding ortho intramolecular Hbond substituents is 2. The molecule has 0 bridgehead atoms. The molecule has 0 saturated carbocycles. The summed E-state index contributed by atoms with van der Waals surface area (Å²) >= 11 is 6.11. The van der Waals surface area contributed by atoms with Crippen molar-refractivity contribution in [1.29, 1.82) is 0 Å². The van der Waals surface area contributed by atoms with E-state index in [-0.39, 0.29) is 31.6 Å². The van der Waals surface area contributed by atoms with E-state index in [0.717, 1.165) is 17.0 Å². The van der Waals surface area contributed by atoms with Crippen LogP contribution in [0.25, 0.3) is 0 Å². The Labute approximate surface area is 296 Å². The first kappa shape index (κ1) is 37.1. The lowest BCUT2D eigenvalue weighted by Crippen LogP contribution is -2.60. The van der Waals surface area contributed by atoms with Crippen molar-refractivity contribution in [3.8, 4) is 17.2 Å². The van der Waals surface area contributed by atoms with Crippen LogP contribution in [0, 0.1) is 11.6 Å². The van der Waals surface area contributed by atoms with Gasteiger partial charge in [0, 0.05) is 49.8 Å². The van der Waals surface area contributed by atoms with Crippen LogP contribution < -0.4 is 25.9 Å². The largest absolute Gasteiger partial charge is 0.547 e. The summed E-state index contributed by atoms with van der Waals surface area (Å²) in [5, 5.41) is 48.7. The van der Waals surface area contributed by atoms with Gasteiger partial charge in [0.2, 0.25) is 5.91 Å². The van der Waals surface area contributed by atoms with E-state index >= 15 is 0 Å². The molecule has 8 N–H and O–H groups in total. The van der Waals surface area contributed by atoms with Crippen LogP contribution in [-0.2, 0) is 20.8 Å². The third-order valence-corrected chi connectivity index (χ3v) is 8.34. The molecular formula is C30H27BClF2N7O11. The number of nitrogens with zero attached hydrogens (tertiary/aromatic N) is 3. The van der Waals surface area contributed by atoms with E-state index < -0.39 is 106 Å². The number of halogens is 3. The molecule has 18 nitrogen and oxygen atoms in total. The number of anilines is 1. The molecule has 22 heteroatoms. The number of carbonyl (C=O) groups excluding carboxylic acids is 5. The molecule has 0 aliphatic carbocycles. The first-order valence-corrected chi connectivity index (χ1v) is 15.5. The molecule has 1 fully saturated rings. The van der Waals surface area contributed by atoms with Gasteiger partial charge >= 0.3 is 37.0 Å². The highest BCUT2D eigenvalue weighted by atomic mass is 35.5. The standard InChI is InChI=1S/C30H27BClF2N7O11/c32-20-15(12-17(34)22(42)23(20)43)21(25(44)38-18-11-13-1-2-16(33)19(28(47)48)24(13)52-31(18)51)39-30(50)41-10-9-40(26(45)27(41)46)8-7-36-29(49)37-14-3-5-35-6-4-14/h1-6,12,18,21,42-43,51H,7-11H2,(H,38,44)(H,39,50)(H,47,48)(H2,35,36,37,49)/t18-,21+/m0/s1. The van der Waals surface area contributed by atoms with E-state index in [0.29, 0.717) is 16.7 Å². The van der Waals surface area contributed by atoms with Gasteiger partial charge in [0.05, 0.1) is 11.0 Å². The number of aromatic hydroxyl groups is 2. The van der Waals surface area contributed by atoms with Gasteiger partial charge in [-0.3, -0.25) is 24.3 Å². The first-order valence-electron chi connectivity index (χ1n) is 15.1. The number of nitrogens with one attached hydrogen (secondary N) is 4. The van der Waals surface area contributed by atoms with E-state index in [4.69, 9.17) is 16.3 Å². The Hall–Kier alpha value is -6.22. The van der Waals surface area contributed by atoms with Gasteiger partial charge in [-0.25, -0.2) is 23.2 Å². The van der Waals surface area contributed by atoms with Crippen molar-refractivity contribution in [2.24, 2.45) is 0 Å². The average molecular weight is 746 g/mol. The van der Waals surface area contributed by atoms with E-state index in [9.17, 15) is 57.9 Å². The Morgan fingerprint density at radius 3 is 2.44 bits per heavy atom.